The number of nitrogens with two attached hydrogens (primary N) is 1. The molecule has 1 saturated heterocycles. The zero-order chi connectivity index (χ0) is 10.9. The lowest BCUT2D eigenvalue weighted by Gasteiger charge is -2.22. The second-order valence-corrected chi connectivity index (χ2v) is 5.28. The molecule has 0 spiro atoms. The Morgan fingerprint density at radius 2 is 2.53 bits per heavy atom. The Kier molecular flexibility index (Phi) is 2.80. The smallest absolute Gasteiger partial charge is 0.254 e. The predicted molar refractivity (Wildman–Crippen MR) is 62.0 cm³/mol. The molecule has 1 unspecified atom stereocenters. The maximum absolute atomic E-state index is 12.0. The summed E-state index contributed by atoms with van der Waals surface area (Å²) in [6, 6.07) is 1.88. The van der Waals surface area contributed by atoms with Gasteiger partial charge in [-0.1, -0.05) is 6.92 Å². The number of likely N-dealkylation sites (tertiary alicyclic amines) is 1. The van der Waals surface area contributed by atoms with Gasteiger partial charge in [0.15, 0.2) is 0 Å². The third kappa shape index (κ3) is 2.06. The highest BCUT2D eigenvalue weighted by Gasteiger charge is 2.35. The quantitative estimate of drug-likeness (QED) is 0.828. The molecule has 2 N–H and O–H groups in total. The molecule has 0 aliphatic carbocycles. The third-order valence-electron chi connectivity index (χ3n) is 3.11. The van der Waals surface area contributed by atoms with Crippen LogP contribution in [-0.4, -0.2) is 30.4 Å². The molecule has 1 fully saturated rings. The van der Waals surface area contributed by atoms with Crippen molar-refractivity contribution in [3.63, 3.8) is 0 Å². The highest BCUT2D eigenvalue weighted by molar-refractivity contribution is 7.08. The Morgan fingerprint density at radius 1 is 1.73 bits per heavy atom. The van der Waals surface area contributed by atoms with Gasteiger partial charge in [0.2, 0.25) is 0 Å². The number of amides is 1. The van der Waals surface area contributed by atoms with Crippen LogP contribution in [0.25, 0.3) is 0 Å². The van der Waals surface area contributed by atoms with Crippen LogP contribution in [-0.2, 0) is 0 Å². The molecule has 1 aromatic heterocycles. The minimum absolute atomic E-state index is 0.117. The van der Waals surface area contributed by atoms with E-state index in [4.69, 9.17) is 5.73 Å². The molecule has 15 heavy (non-hydrogen) atoms. The third-order valence-corrected chi connectivity index (χ3v) is 3.79. The van der Waals surface area contributed by atoms with Crippen molar-refractivity contribution in [2.75, 3.05) is 19.6 Å². The summed E-state index contributed by atoms with van der Waals surface area (Å²) in [6.45, 7) is 4.43. The first-order valence-electron chi connectivity index (χ1n) is 5.16. The van der Waals surface area contributed by atoms with E-state index in [1.807, 2.05) is 21.7 Å². The van der Waals surface area contributed by atoms with Crippen molar-refractivity contribution in [2.24, 2.45) is 11.1 Å². The fourth-order valence-electron chi connectivity index (χ4n) is 1.93. The number of hydrogen-bond donors (Lipinski definition) is 1. The average Bonchev–Trinajstić information content (AvgIpc) is 2.86. The zero-order valence-electron chi connectivity index (χ0n) is 8.90. The number of carbonyl (C=O) groups excluding carboxylic acids is 1. The lowest BCUT2D eigenvalue weighted by molar-refractivity contribution is 0.0777. The van der Waals surface area contributed by atoms with Gasteiger partial charge in [-0.05, 0) is 29.8 Å². The molecule has 1 aromatic rings. The maximum atomic E-state index is 12.0. The molecular weight excluding hydrogens is 208 g/mol. The summed E-state index contributed by atoms with van der Waals surface area (Å²) in [5.41, 5.74) is 6.64. The highest BCUT2D eigenvalue weighted by atomic mass is 32.1. The Bertz CT molecular complexity index is 349. The van der Waals surface area contributed by atoms with E-state index < -0.39 is 0 Å². The van der Waals surface area contributed by atoms with Gasteiger partial charge in [-0.15, -0.1) is 0 Å². The van der Waals surface area contributed by atoms with E-state index >= 15 is 0 Å². The van der Waals surface area contributed by atoms with E-state index in [2.05, 4.69) is 6.92 Å². The van der Waals surface area contributed by atoms with E-state index in [-0.39, 0.29) is 11.3 Å². The van der Waals surface area contributed by atoms with Crippen LogP contribution in [0.15, 0.2) is 16.8 Å². The van der Waals surface area contributed by atoms with Crippen molar-refractivity contribution in [1.82, 2.24) is 4.90 Å². The summed E-state index contributed by atoms with van der Waals surface area (Å²) in [5, 5.41) is 3.84. The summed E-state index contributed by atoms with van der Waals surface area (Å²) in [6.07, 6.45) is 1.01. The molecule has 3 nitrogen and oxygen atoms in total. The van der Waals surface area contributed by atoms with E-state index in [1.54, 1.807) is 11.3 Å². The molecule has 0 radical (unpaired) electrons. The monoisotopic (exact) mass is 224 g/mol. The molecule has 82 valence electrons. The molecular formula is C11H16N2OS. The second-order valence-electron chi connectivity index (χ2n) is 4.50. The van der Waals surface area contributed by atoms with Gasteiger partial charge in [0.1, 0.15) is 0 Å². The molecule has 1 amide bonds. The van der Waals surface area contributed by atoms with E-state index in [0.717, 1.165) is 25.1 Å². The summed E-state index contributed by atoms with van der Waals surface area (Å²) in [4.78, 5) is 13.9. The number of thiophene rings is 1. The van der Waals surface area contributed by atoms with E-state index in [0.29, 0.717) is 6.54 Å². The standard InChI is InChI=1S/C11H16N2OS/c1-11(7-12)3-4-13(8-11)10(14)9-2-5-15-6-9/h2,5-6H,3-4,7-8,12H2,1H3. The van der Waals surface area contributed by atoms with Crippen LogP contribution in [0.4, 0.5) is 0 Å². The normalized spacial score (nSPS) is 25.9. The molecule has 2 rings (SSSR count). The zero-order valence-corrected chi connectivity index (χ0v) is 9.72. The van der Waals surface area contributed by atoms with Gasteiger partial charge in [-0.3, -0.25) is 4.79 Å². The maximum Gasteiger partial charge on any atom is 0.254 e. The Hall–Kier alpha value is -0.870. The molecule has 0 saturated carbocycles. The van der Waals surface area contributed by atoms with Crippen molar-refractivity contribution < 1.29 is 4.79 Å². The molecule has 0 aromatic carbocycles. The number of carbonyl (C=O) groups is 1. The topological polar surface area (TPSA) is 46.3 Å². The van der Waals surface area contributed by atoms with Gasteiger partial charge >= 0.3 is 0 Å². The van der Waals surface area contributed by atoms with Crippen LogP contribution >= 0.6 is 11.3 Å². The lowest BCUT2D eigenvalue weighted by Crippen LogP contribution is -2.34. The van der Waals surface area contributed by atoms with E-state index in [1.165, 1.54) is 0 Å². The molecule has 1 aliphatic rings. The summed E-state index contributed by atoms with van der Waals surface area (Å²) in [7, 11) is 0. The number of rotatable bonds is 2. The van der Waals surface area contributed by atoms with Gasteiger partial charge in [0.25, 0.3) is 5.91 Å². The summed E-state index contributed by atoms with van der Waals surface area (Å²) in [5.74, 6) is 0.147. The van der Waals surface area contributed by atoms with Crippen molar-refractivity contribution in [2.45, 2.75) is 13.3 Å². The van der Waals surface area contributed by atoms with Gasteiger partial charge < -0.3 is 10.6 Å². The van der Waals surface area contributed by atoms with Crippen molar-refractivity contribution in [3.8, 4) is 0 Å². The largest absolute Gasteiger partial charge is 0.338 e. The van der Waals surface area contributed by atoms with E-state index in [9.17, 15) is 4.79 Å². The first-order valence-corrected chi connectivity index (χ1v) is 6.10. The fourth-order valence-corrected chi connectivity index (χ4v) is 2.56. The Morgan fingerprint density at radius 3 is 3.07 bits per heavy atom. The highest BCUT2D eigenvalue weighted by Crippen LogP contribution is 2.29. The van der Waals surface area contributed by atoms with Gasteiger partial charge in [0, 0.05) is 18.5 Å². The van der Waals surface area contributed by atoms with Gasteiger partial charge in [-0.25, -0.2) is 0 Å². The van der Waals surface area contributed by atoms with Crippen LogP contribution in [0.5, 0.6) is 0 Å². The minimum atomic E-state index is 0.117. The van der Waals surface area contributed by atoms with Gasteiger partial charge in [0.05, 0.1) is 5.56 Å². The van der Waals surface area contributed by atoms with Crippen molar-refractivity contribution in [1.29, 1.82) is 0 Å². The molecule has 0 bridgehead atoms. The second kappa shape index (κ2) is 3.94. The minimum Gasteiger partial charge on any atom is -0.338 e. The predicted octanol–water partition coefficient (Wildman–Crippen LogP) is 1.56. The molecule has 2 heterocycles. The summed E-state index contributed by atoms with van der Waals surface area (Å²) < 4.78 is 0. The van der Waals surface area contributed by atoms with Crippen molar-refractivity contribution in [3.05, 3.63) is 22.4 Å². The Balaban J connectivity index is 2.06. The SMILES string of the molecule is CC1(CN)CCN(C(=O)c2ccsc2)C1. The molecule has 1 atom stereocenters. The summed E-state index contributed by atoms with van der Waals surface area (Å²) >= 11 is 1.56. The van der Waals surface area contributed by atoms with Crippen LogP contribution in [0, 0.1) is 5.41 Å². The first-order chi connectivity index (χ1) is 7.14. The van der Waals surface area contributed by atoms with Gasteiger partial charge in [-0.2, -0.15) is 11.3 Å². The number of nitrogens with zero attached hydrogens (tertiary/aromatic N) is 1. The fraction of sp³-hybridized carbons (Fsp3) is 0.545. The molecule has 4 heteroatoms. The van der Waals surface area contributed by atoms with Crippen LogP contribution in [0.1, 0.15) is 23.7 Å². The number of hydrogen-bond acceptors (Lipinski definition) is 3. The van der Waals surface area contributed by atoms with Crippen molar-refractivity contribution >= 4 is 17.2 Å². The average molecular weight is 224 g/mol. The molecule has 1 aliphatic heterocycles. The Labute approximate surface area is 93.9 Å². The first kappa shape index (κ1) is 10.6. The van der Waals surface area contributed by atoms with Crippen LogP contribution < -0.4 is 5.73 Å². The lowest BCUT2D eigenvalue weighted by atomic mass is 9.90. The van der Waals surface area contributed by atoms with Crippen LogP contribution in [0.2, 0.25) is 0 Å². The van der Waals surface area contributed by atoms with Crippen LogP contribution in [0.3, 0.4) is 0 Å².